The van der Waals surface area contributed by atoms with E-state index < -0.39 is 0 Å². The summed E-state index contributed by atoms with van der Waals surface area (Å²) in [5, 5.41) is 1.42. The lowest BCUT2D eigenvalue weighted by molar-refractivity contribution is 0.573. The van der Waals surface area contributed by atoms with Crippen molar-refractivity contribution in [1.82, 2.24) is 15.0 Å². The molecule has 0 radical (unpaired) electrons. The molecule has 2 heterocycles. The van der Waals surface area contributed by atoms with E-state index in [1.54, 1.807) is 6.26 Å². The van der Waals surface area contributed by atoms with Crippen molar-refractivity contribution in [3.05, 3.63) is 18.4 Å². The lowest BCUT2D eigenvalue weighted by Crippen LogP contribution is -1.96. The highest BCUT2D eigenvalue weighted by atomic mass is 32.2. The standard InChI is InChI=1S/C9H9N3OS2/c1-14-8-10-7(6-4-3-5-13-6)11-9(12-8)15-2/h3-5H,1-2H3. The number of nitrogens with zero attached hydrogens (tertiary/aromatic N) is 3. The summed E-state index contributed by atoms with van der Waals surface area (Å²) in [6.07, 6.45) is 5.48. The van der Waals surface area contributed by atoms with Crippen molar-refractivity contribution in [2.75, 3.05) is 12.5 Å². The van der Waals surface area contributed by atoms with E-state index >= 15 is 0 Å². The molecule has 0 bridgehead atoms. The molecule has 2 aromatic heterocycles. The largest absolute Gasteiger partial charge is 0.461 e. The first kappa shape index (κ1) is 10.5. The molecule has 0 N–H and O–H groups in total. The van der Waals surface area contributed by atoms with Gasteiger partial charge in [-0.15, -0.1) is 0 Å². The fourth-order valence-corrected chi connectivity index (χ4v) is 1.81. The highest BCUT2D eigenvalue weighted by Crippen LogP contribution is 2.21. The van der Waals surface area contributed by atoms with Gasteiger partial charge in [-0.1, -0.05) is 23.5 Å². The molecule has 0 saturated heterocycles. The molecule has 4 nitrogen and oxygen atoms in total. The van der Waals surface area contributed by atoms with E-state index in [9.17, 15) is 0 Å². The zero-order chi connectivity index (χ0) is 10.7. The molecule has 0 aromatic carbocycles. The van der Waals surface area contributed by atoms with E-state index in [4.69, 9.17) is 4.42 Å². The SMILES string of the molecule is CSc1nc(SC)nc(-c2ccco2)n1. The van der Waals surface area contributed by atoms with Crippen LogP contribution in [0, 0.1) is 0 Å². The topological polar surface area (TPSA) is 51.8 Å². The molecule has 2 aromatic rings. The Labute approximate surface area is 95.9 Å². The molecule has 6 heteroatoms. The van der Waals surface area contributed by atoms with E-state index in [1.807, 2.05) is 24.6 Å². The molecule has 0 atom stereocenters. The summed E-state index contributed by atoms with van der Waals surface area (Å²) in [4.78, 5) is 12.8. The summed E-state index contributed by atoms with van der Waals surface area (Å²) >= 11 is 2.99. The normalized spacial score (nSPS) is 10.5. The lowest BCUT2D eigenvalue weighted by atomic mass is 10.4. The number of furan rings is 1. The van der Waals surface area contributed by atoms with Crippen LogP contribution in [0.4, 0.5) is 0 Å². The van der Waals surface area contributed by atoms with Crippen LogP contribution in [0.3, 0.4) is 0 Å². The molecule has 0 aliphatic rings. The smallest absolute Gasteiger partial charge is 0.200 e. The van der Waals surface area contributed by atoms with Crippen molar-refractivity contribution in [3.63, 3.8) is 0 Å². The van der Waals surface area contributed by atoms with Crippen LogP contribution in [0.25, 0.3) is 11.6 Å². The van der Waals surface area contributed by atoms with Crippen LogP contribution in [-0.4, -0.2) is 27.5 Å². The maximum absolute atomic E-state index is 5.25. The first-order valence-corrected chi connectivity index (χ1v) is 6.66. The molecule has 2 rings (SSSR count). The maximum atomic E-state index is 5.25. The van der Waals surface area contributed by atoms with Crippen LogP contribution in [0.15, 0.2) is 33.1 Å². The van der Waals surface area contributed by atoms with Gasteiger partial charge in [0.25, 0.3) is 0 Å². The fourth-order valence-electron chi connectivity index (χ4n) is 1.04. The second kappa shape index (κ2) is 4.67. The highest BCUT2D eigenvalue weighted by molar-refractivity contribution is 7.99. The van der Waals surface area contributed by atoms with Gasteiger partial charge in [-0.2, -0.15) is 15.0 Å². The summed E-state index contributed by atoms with van der Waals surface area (Å²) in [6, 6.07) is 3.65. The van der Waals surface area contributed by atoms with E-state index in [-0.39, 0.29) is 0 Å². The Morgan fingerprint density at radius 1 is 1.07 bits per heavy atom. The minimum absolute atomic E-state index is 0.587. The Morgan fingerprint density at radius 3 is 2.20 bits per heavy atom. The van der Waals surface area contributed by atoms with Crippen molar-refractivity contribution in [1.29, 1.82) is 0 Å². The van der Waals surface area contributed by atoms with Gasteiger partial charge in [0.15, 0.2) is 16.1 Å². The first-order chi connectivity index (χ1) is 7.33. The molecule has 78 valence electrons. The van der Waals surface area contributed by atoms with E-state index in [0.717, 1.165) is 0 Å². The Kier molecular flexibility index (Phi) is 3.27. The molecule has 0 unspecified atom stereocenters. The number of hydrogen-bond donors (Lipinski definition) is 0. The highest BCUT2D eigenvalue weighted by Gasteiger charge is 2.09. The van der Waals surface area contributed by atoms with Crippen molar-refractivity contribution >= 4 is 23.5 Å². The van der Waals surface area contributed by atoms with Gasteiger partial charge in [-0.05, 0) is 24.6 Å². The Balaban J connectivity index is 2.47. The Hall–Kier alpha value is -1.01. The monoisotopic (exact) mass is 239 g/mol. The lowest BCUT2D eigenvalue weighted by Gasteiger charge is -2.01. The van der Waals surface area contributed by atoms with Crippen LogP contribution in [-0.2, 0) is 0 Å². The number of rotatable bonds is 3. The summed E-state index contributed by atoms with van der Waals surface area (Å²) in [5.41, 5.74) is 0. The predicted molar refractivity (Wildman–Crippen MR) is 61.1 cm³/mol. The molecule has 0 aliphatic heterocycles. The number of thioether (sulfide) groups is 2. The quantitative estimate of drug-likeness (QED) is 0.767. The van der Waals surface area contributed by atoms with Gasteiger partial charge in [0.2, 0.25) is 5.82 Å². The molecule has 0 fully saturated rings. The molecule has 0 aliphatic carbocycles. The van der Waals surface area contributed by atoms with Gasteiger partial charge in [-0.3, -0.25) is 0 Å². The molecule has 0 amide bonds. The second-order valence-corrected chi connectivity index (χ2v) is 4.16. The van der Waals surface area contributed by atoms with E-state index in [1.165, 1.54) is 23.5 Å². The molecular weight excluding hydrogens is 230 g/mol. The van der Waals surface area contributed by atoms with Crippen molar-refractivity contribution < 1.29 is 4.42 Å². The van der Waals surface area contributed by atoms with Crippen LogP contribution < -0.4 is 0 Å². The van der Waals surface area contributed by atoms with Crippen molar-refractivity contribution in [2.45, 2.75) is 10.3 Å². The third kappa shape index (κ3) is 2.32. The average molecular weight is 239 g/mol. The minimum Gasteiger partial charge on any atom is -0.461 e. The van der Waals surface area contributed by atoms with Gasteiger partial charge in [0.05, 0.1) is 6.26 Å². The van der Waals surface area contributed by atoms with Gasteiger partial charge in [0.1, 0.15) is 0 Å². The predicted octanol–water partition coefficient (Wildman–Crippen LogP) is 2.58. The van der Waals surface area contributed by atoms with Crippen molar-refractivity contribution in [3.8, 4) is 11.6 Å². The van der Waals surface area contributed by atoms with E-state index in [2.05, 4.69) is 15.0 Å². The van der Waals surface area contributed by atoms with Gasteiger partial charge in [-0.25, -0.2) is 0 Å². The summed E-state index contributed by atoms with van der Waals surface area (Å²) in [6.45, 7) is 0. The average Bonchev–Trinajstić information content (AvgIpc) is 2.81. The Bertz CT molecular complexity index is 422. The zero-order valence-electron chi connectivity index (χ0n) is 8.30. The Morgan fingerprint density at radius 2 is 1.73 bits per heavy atom. The summed E-state index contributed by atoms with van der Waals surface area (Å²) < 4.78 is 5.25. The van der Waals surface area contributed by atoms with E-state index in [0.29, 0.717) is 21.9 Å². The third-order valence-corrected chi connectivity index (χ3v) is 2.80. The summed E-state index contributed by atoms with van der Waals surface area (Å²) in [7, 11) is 0. The van der Waals surface area contributed by atoms with Crippen LogP contribution in [0.5, 0.6) is 0 Å². The zero-order valence-corrected chi connectivity index (χ0v) is 9.93. The molecule has 0 spiro atoms. The fraction of sp³-hybridized carbons (Fsp3) is 0.222. The third-order valence-electron chi connectivity index (χ3n) is 1.70. The van der Waals surface area contributed by atoms with Gasteiger partial charge < -0.3 is 4.42 Å². The summed E-state index contributed by atoms with van der Waals surface area (Å²) in [5.74, 6) is 1.26. The van der Waals surface area contributed by atoms with Crippen LogP contribution >= 0.6 is 23.5 Å². The minimum atomic E-state index is 0.587. The molecule has 15 heavy (non-hydrogen) atoms. The number of hydrogen-bond acceptors (Lipinski definition) is 6. The first-order valence-electron chi connectivity index (χ1n) is 4.21. The maximum Gasteiger partial charge on any atom is 0.200 e. The van der Waals surface area contributed by atoms with Gasteiger partial charge >= 0.3 is 0 Å². The van der Waals surface area contributed by atoms with Crippen LogP contribution in [0.1, 0.15) is 0 Å². The number of aromatic nitrogens is 3. The van der Waals surface area contributed by atoms with Gasteiger partial charge in [0, 0.05) is 0 Å². The molecule has 0 saturated carbocycles. The second-order valence-electron chi connectivity index (χ2n) is 2.61. The van der Waals surface area contributed by atoms with Crippen LogP contribution in [0.2, 0.25) is 0 Å². The molecular formula is C9H9N3OS2. The van der Waals surface area contributed by atoms with Crippen molar-refractivity contribution in [2.24, 2.45) is 0 Å².